The van der Waals surface area contributed by atoms with Gasteiger partial charge >= 0.3 is 6.03 Å². The molecule has 0 saturated carbocycles. The molecule has 1 fully saturated rings. The lowest BCUT2D eigenvalue weighted by molar-refractivity contribution is -0.385. The minimum absolute atomic E-state index is 0.0741. The monoisotopic (exact) mass is 367 g/mol. The molecule has 9 heteroatoms. The van der Waals surface area contributed by atoms with Crippen LogP contribution in [-0.2, 0) is 9.59 Å². The molecule has 27 heavy (non-hydrogen) atoms. The van der Waals surface area contributed by atoms with Crippen molar-refractivity contribution in [3.05, 3.63) is 69.8 Å². The van der Waals surface area contributed by atoms with Gasteiger partial charge in [0.2, 0.25) is 0 Å². The van der Waals surface area contributed by atoms with Gasteiger partial charge in [0.05, 0.1) is 23.3 Å². The van der Waals surface area contributed by atoms with E-state index in [-0.39, 0.29) is 22.5 Å². The lowest BCUT2D eigenvalue weighted by Gasteiger charge is -2.26. The number of nitrogens with zero attached hydrogens (tertiary/aromatic N) is 2. The summed E-state index contributed by atoms with van der Waals surface area (Å²) in [6.45, 7) is 0. The molecule has 9 nitrogen and oxygen atoms in total. The molecule has 0 bridgehead atoms. The largest absolute Gasteiger partial charge is 0.497 e. The van der Waals surface area contributed by atoms with Gasteiger partial charge < -0.3 is 4.74 Å². The Morgan fingerprint density at radius 3 is 2.37 bits per heavy atom. The molecule has 0 radical (unpaired) electrons. The number of nitrogens with one attached hydrogen (secondary N) is 1. The van der Waals surface area contributed by atoms with E-state index in [1.807, 2.05) is 0 Å². The number of rotatable bonds is 4. The Labute approximate surface area is 153 Å². The van der Waals surface area contributed by atoms with Gasteiger partial charge in [-0.1, -0.05) is 12.1 Å². The fraction of sp³-hybridized carbons (Fsp3) is 0.0556. The highest BCUT2D eigenvalue weighted by Gasteiger charge is 2.37. The zero-order valence-corrected chi connectivity index (χ0v) is 14.0. The van der Waals surface area contributed by atoms with Crippen molar-refractivity contribution in [2.45, 2.75) is 0 Å². The second-order valence-corrected chi connectivity index (χ2v) is 5.47. The number of para-hydroxylation sites is 1. The van der Waals surface area contributed by atoms with E-state index in [0.29, 0.717) is 5.75 Å². The summed E-state index contributed by atoms with van der Waals surface area (Å²) < 4.78 is 5.03. The van der Waals surface area contributed by atoms with Crippen LogP contribution in [0.2, 0.25) is 0 Å². The molecule has 1 aliphatic heterocycles. The first-order valence-corrected chi connectivity index (χ1v) is 7.71. The van der Waals surface area contributed by atoms with E-state index in [1.165, 1.54) is 43.5 Å². The summed E-state index contributed by atoms with van der Waals surface area (Å²) in [5.41, 5.74) is -0.359. The Kier molecular flexibility index (Phi) is 4.67. The van der Waals surface area contributed by atoms with Crippen LogP contribution >= 0.6 is 0 Å². The highest BCUT2D eigenvalue weighted by molar-refractivity contribution is 6.39. The van der Waals surface area contributed by atoms with Crippen LogP contribution in [0.3, 0.4) is 0 Å². The van der Waals surface area contributed by atoms with Gasteiger partial charge in [0, 0.05) is 6.07 Å². The Hall–Kier alpha value is -4.01. The first-order chi connectivity index (χ1) is 12.9. The van der Waals surface area contributed by atoms with E-state index < -0.39 is 22.8 Å². The number of anilines is 1. The van der Waals surface area contributed by atoms with Crippen molar-refractivity contribution < 1.29 is 24.0 Å². The summed E-state index contributed by atoms with van der Waals surface area (Å²) in [5, 5.41) is 13.2. The fourth-order valence-electron chi connectivity index (χ4n) is 2.55. The number of nitro groups is 1. The smallest absolute Gasteiger partial charge is 0.335 e. The molecule has 1 aliphatic rings. The molecule has 2 aromatic rings. The van der Waals surface area contributed by atoms with Crippen molar-refractivity contribution >= 4 is 35.3 Å². The van der Waals surface area contributed by atoms with Crippen LogP contribution in [-0.4, -0.2) is 29.9 Å². The molecular formula is C18H13N3O6. The van der Waals surface area contributed by atoms with Crippen LogP contribution < -0.4 is 15.0 Å². The van der Waals surface area contributed by atoms with Gasteiger partial charge in [0.25, 0.3) is 17.5 Å². The molecule has 0 aromatic heterocycles. The maximum atomic E-state index is 12.8. The zero-order valence-electron chi connectivity index (χ0n) is 14.0. The molecular weight excluding hydrogens is 354 g/mol. The zero-order chi connectivity index (χ0) is 19.6. The third kappa shape index (κ3) is 3.38. The molecule has 2 aromatic carbocycles. The fourth-order valence-corrected chi connectivity index (χ4v) is 2.55. The summed E-state index contributed by atoms with van der Waals surface area (Å²) >= 11 is 0. The Morgan fingerprint density at radius 2 is 1.74 bits per heavy atom. The maximum absolute atomic E-state index is 12.8. The van der Waals surface area contributed by atoms with E-state index in [1.54, 1.807) is 12.1 Å². The highest BCUT2D eigenvalue weighted by Crippen LogP contribution is 2.26. The SMILES string of the molecule is COc1ccc(N2C(=O)NC(=O)/C(=C\c3ccccc3[N+](=O)[O-])C2=O)cc1. The Balaban J connectivity index is 2.03. The number of amides is 4. The number of barbiturate groups is 1. The average molecular weight is 367 g/mol. The quantitative estimate of drug-likeness (QED) is 0.383. The van der Waals surface area contributed by atoms with Gasteiger partial charge in [-0.2, -0.15) is 0 Å². The lowest BCUT2D eigenvalue weighted by Crippen LogP contribution is -2.54. The summed E-state index contributed by atoms with van der Waals surface area (Å²) in [4.78, 5) is 48.3. The third-order valence-corrected chi connectivity index (χ3v) is 3.87. The Bertz CT molecular complexity index is 981. The van der Waals surface area contributed by atoms with E-state index in [4.69, 9.17) is 4.74 Å². The van der Waals surface area contributed by atoms with Crippen LogP contribution in [0, 0.1) is 10.1 Å². The molecule has 136 valence electrons. The van der Waals surface area contributed by atoms with Crippen LogP contribution in [0.15, 0.2) is 54.1 Å². The van der Waals surface area contributed by atoms with Crippen molar-refractivity contribution in [1.29, 1.82) is 0 Å². The molecule has 4 amide bonds. The van der Waals surface area contributed by atoms with Gasteiger partial charge in [-0.25, -0.2) is 9.69 Å². The van der Waals surface area contributed by atoms with Crippen molar-refractivity contribution in [1.82, 2.24) is 5.32 Å². The molecule has 1 N–H and O–H groups in total. The van der Waals surface area contributed by atoms with Crippen LogP contribution in [0.5, 0.6) is 5.75 Å². The second kappa shape index (κ2) is 7.08. The number of benzene rings is 2. The number of urea groups is 1. The predicted octanol–water partition coefficient (Wildman–Crippen LogP) is 2.27. The number of hydrogen-bond donors (Lipinski definition) is 1. The van der Waals surface area contributed by atoms with Crippen molar-refractivity contribution in [3.8, 4) is 5.75 Å². The third-order valence-electron chi connectivity index (χ3n) is 3.87. The first kappa shape index (κ1) is 17.8. The molecule has 0 unspecified atom stereocenters. The molecule has 0 spiro atoms. The number of carbonyl (C=O) groups is 3. The maximum Gasteiger partial charge on any atom is 0.335 e. The summed E-state index contributed by atoms with van der Waals surface area (Å²) in [5.74, 6) is -1.28. The number of carbonyl (C=O) groups excluding carboxylic acids is 3. The van der Waals surface area contributed by atoms with Gasteiger partial charge in [0.15, 0.2) is 0 Å². The van der Waals surface area contributed by atoms with Crippen LogP contribution in [0.4, 0.5) is 16.2 Å². The van der Waals surface area contributed by atoms with E-state index >= 15 is 0 Å². The average Bonchev–Trinajstić information content (AvgIpc) is 2.65. The number of hydrogen-bond acceptors (Lipinski definition) is 6. The van der Waals surface area contributed by atoms with Gasteiger partial charge in [-0.05, 0) is 36.4 Å². The molecule has 1 saturated heterocycles. The summed E-state index contributed by atoms with van der Waals surface area (Å²) in [6, 6.07) is 10.8. The van der Waals surface area contributed by atoms with E-state index in [0.717, 1.165) is 11.0 Å². The van der Waals surface area contributed by atoms with Gasteiger partial charge in [0.1, 0.15) is 11.3 Å². The number of ether oxygens (including phenoxy) is 1. The standard InChI is InChI=1S/C18H13N3O6/c1-27-13-8-6-12(7-9-13)20-17(23)14(16(22)19-18(20)24)10-11-4-2-3-5-15(11)21(25)26/h2-10H,1H3,(H,19,22,24)/b14-10+. The van der Waals surface area contributed by atoms with Crippen molar-refractivity contribution in [3.63, 3.8) is 0 Å². The van der Waals surface area contributed by atoms with Crippen molar-refractivity contribution in [2.24, 2.45) is 0 Å². The van der Waals surface area contributed by atoms with Crippen molar-refractivity contribution in [2.75, 3.05) is 12.0 Å². The summed E-state index contributed by atoms with van der Waals surface area (Å²) in [6.07, 6.45) is 1.10. The van der Waals surface area contributed by atoms with Crippen LogP contribution in [0.1, 0.15) is 5.56 Å². The normalized spacial score (nSPS) is 15.7. The minimum atomic E-state index is -0.923. The summed E-state index contributed by atoms with van der Waals surface area (Å²) in [7, 11) is 1.47. The van der Waals surface area contributed by atoms with Gasteiger partial charge in [-0.3, -0.25) is 25.0 Å². The predicted molar refractivity (Wildman–Crippen MR) is 95.1 cm³/mol. The Morgan fingerprint density at radius 1 is 1.07 bits per heavy atom. The molecule has 0 aliphatic carbocycles. The topological polar surface area (TPSA) is 119 Å². The van der Waals surface area contributed by atoms with Gasteiger partial charge in [-0.15, -0.1) is 0 Å². The molecule has 0 atom stereocenters. The number of nitro benzene ring substituents is 1. The molecule has 1 heterocycles. The minimum Gasteiger partial charge on any atom is -0.497 e. The number of imide groups is 2. The van der Waals surface area contributed by atoms with E-state index in [2.05, 4.69) is 5.32 Å². The number of methoxy groups -OCH3 is 1. The molecule has 3 rings (SSSR count). The first-order valence-electron chi connectivity index (χ1n) is 7.71. The lowest BCUT2D eigenvalue weighted by atomic mass is 10.1. The van der Waals surface area contributed by atoms with E-state index in [9.17, 15) is 24.5 Å². The second-order valence-electron chi connectivity index (χ2n) is 5.47. The highest BCUT2D eigenvalue weighted by atomic mass is 16.6. The van der Waals surface area contributed by atoms with Crippen LogP contribution in [0.25, 0.3) is 6.08 Å².